The van der Waals surface area contributed by atoms with Crippen LogP contribution in [-0.4, -0.2) is 117 Å². The van der Waals surface area contributed by atoms with E-state index in [1.54, 1.807) is 68.7 Å². The number of rotatable bonds is 16. The average molecular weight is 851 g/mol. The van der Waals surface area contributed by atoms with Crippen molar-refractivity contribution in [3.63, 3.8) is 0 Å². The van der Waals surface area contributed by atoms with Gasteiger partial charge < -0.3 is 37.6 Å². The minimum absolute atomic E-state index is 0.0376. The maximum atomic E-state index is 14.4. The van der Waals surface area contributed by atoms with Gasteiger partial charge in [-0.2, -0.15) is 4.31 Å². The van der Waals surface area contributed by atoms with Crippen molar-refractivity contribution in [3.05, 3.63) is 76.8 Å². The Hall–Kier alpha value is -5.26. The van der Waals surface area contributed by atoms with Crippen LogP contribution < -0.4 is 27.8 Å². The van der Waals surface area contributed by atoms with Crippen LogP contribution in [0.3, 0.4) is 0 Å². The number of piperazine rings is 1. The summed E-state index contributed by atoms with van der Waals surface area (Å²) in [5, 5.41) is 15.6. The highest BCUT2D eigenvalue weighted by molar-refractivity contribution is 7.89. The van der Waals surface area contributed by atoms with Gasteiger partial charge in [0.25, 0.3) is 0 Å². The molecule has 0 aromatic heterocycles. The molecule has 16 nitrogen and oxygen atoms in total. The van der Waals surface area contributed by atoms with Gasteiger partial charge in [0, 0.05) is 57.4 Å². The quantitative estimate of drug-likeness (QED) is 0.0534. The Bertz CT molecular complexity index is 2150. The first-order chi connectivity index (χ1) is 28.0. The fourth-order valence-corrected chi connectivity index (χ4v) is 9.31. The Morgan fingerprint density at radius 3 is 2.17 bits per heavy atom. The number of sulfonamides is 1. The zero-order valence-corrected chi connectivity index (χ0v) is 35.1. The number of halogens is 1. The lowest BCUT2D eigenvalue weighted by atomic mass is 9.83. The van der Waals surface area contributed by atoms with E-state index < -0.39 is 51.7 Å². The zero-order valence-electron chi connectivity index (χ0n) is 33.5. The minimum atomic E-state index is -3.90. The molecule has 3 aromatic rings. The summed E-state index contributed by atoms with van der Waals surface area (Å²) in [7, 11) is -0.785. The molecule has 9 N–H and O–H groups in total. The van der Waals surface area contributed by atoms with Crippen LogP contribution in [0.15, 0.2) is 70.6 Å². The fraction of sp³-hybridized carbons (Fsp3) is 0.463. The summed E-state index contributed by atoms with van der Waals surface area (Å²) >= 11 is 6.16. The lowest BCUT2D eigenvalue weighted by Gasteiger charge is -2.37. The second-order valence-electron chi connectivity index (χ2n) is 15.4. The lowest BCUT2D eigenvalue weighted by molar-refractivity contribution is -0.143. The van der Waals surface area contributed by atoms with Gasteiger partial charge in [-0.15, -0.1) is 0 Å². The highest BCUT2D eigenvalue weighted by Gasteiger charge is 2.38. The van der Waals surface area contributed by atoms with Crippen molar-refractivity contribution < 1.29 is 27.6 Å². The van der Waals surface area contributed by atoms with Gasteiger partial charge in [-0.1, -0.05) is 67.3 Å². The van der Waals surface area contributed by atoms with Crippen LogP contribution in [-0.2, 0) is 35.6 Å². The molecule has 5 rings (SSSR count). The van der Waals surface area contributed by atoms with Crippen LogP contribution in [0.1, 0.15) is 56.1 Å². The number of amidine groups is 1. The molecular formula is C41H55ClN10O6S. The van der Waals surface area contributed by atoms with E-state index in [0.29, 0.717) is 40.8 Å². The number of nitrogens with one attached hydrogen (secondary N) is 3. The predicted octanol–water partition coefficient (Wildman–Crippen LogP) is 2.16. The Morgan fingerprint density at radius 1 is 0.881 bits per heavy atom. The molecule has 1 unspecified atom stereocenters. The number of guanidine groups is 1. The molecule has 2 fully saturated rings. The Balaban J connectivity index is 1.33. The lowest BCUT2D eigenvalue weighted by Crippen LogP contribution is -2.59. The number of nitrogens with zero attached hydrogens (tertiary/aromatic N) is 4. The van der Waals surface area contributed by atoms with Crippen molar-refractivity contribution in [1.82, 2.24) is 24.7 Å². The fourth-order valence-electron chi connectivity index (χ4n) is 7.68. The summed E-state index contributed by atoms with van der Waals surface area (Å²) in [5.74, 6) is -3.64. The molecule has 3 aromatic carbocycles. The monoisotopic (exact) mass is 850 g/mol. The van der Waals surface area contributed by atoms with Gasteiger partial charge >= 0.3 is 0 Å². The van der Waals surface area contributed by atoms with Crippen LogP contribution in [0, 0.1) is 17.2 Å². The molecule has 18 heteroatoms. The smallest absolute Gasteiger partial charge is 0.245 e. The van der Waals surface area contributed by atoms with Gasteiger partial charge in [-0.3, -0.25) is 29.6 Å². The second kappa shape index (κ2) is 20.1. The summed E-state index contributed by atoms with van der Waals surface area (Å²) in [5.41, 5.74) is 17.9. The Kier molecular flexibility index (Phi) is 15.3. The number of hydrogen-bond acceptors (Lipinski definition) is 8. The largest absolute Gasteiger partial charge is 0.384 e. The number of nitrogen functional groups attached to an aromatic ring is 1. The van der Waals surface area contributed by atoms with E-state index in [4.69, 9.17) is 34.2 Å². The SMILES string of the molecule is CN(C)C(=O)C(Cc1ccc(C(=N)N)cc1)C(=O)N[C@H](C(=O)N[C@@H](CCCN=C(N)N)C(=O)N1CCN(S(=O)(=O)c2ccc3ccc(Cl)cc3c2)CC1)C1CCCCC1. The van der Waals surface area contributed by atoms with Crippen molar-refractivity contribution in [2.24, 2.45) is 34.0 Å². The van der Waals surface area contributed by atoms with E-state index in [1.165, 1.54) is 14.1 Å². The maximum absolute atomic E-state index is 14.4. The van der Waals surface area contributed by atoms with Crippen LogP contribution in [0.5, 0.6) is 0 Å². The van der Waals surface area contributed by atoms with Crippen molar-refractivity contribution in [3.8, 4) is 0 Å². The molecule has 0 spiro atoms. The van der Waals surface area contributed by atoms with Crippen molar-refractivity contribution in [2.45, 2.75) is 68.3 Å². The number of hydrogen-bond donors (Lipinski definition) is 6. The van der Waals surface area contributed by atoms with Crippen molar-refractivity contribution in [2.75, 3.05) is 46.8 Å². The summed E-state index contributed by atoms with van der Waals surface area (Å²) in [6.45, 7) is 0.450. The van der Waals surface area contributed by atoms with Gasteiger partial charge in [0.2, 0.25) is 33.7 Å². The number of nitrogens with two attached hydrogens (primary N) is 3. The van der Waals surface area contributed by atoms with Gasteiger partial charge in [-0.25, -0.2) is 8.42 Å². The molecule has 1 aliphatic heterocycles. The van der Waals surface area contributed by atoms with Crippen molar-refractivity contribution in [1.29, 1.82) is 5.41 Å². The van der Waals surface area contributed by atoms with E-state index in [2.05, 4.69) is 15.6 Å². The standard InChI is InChI=1S/C41H55ClN10O6S/c1-50(2)39(55)33(23-26-10-12-29(13-11-26)36(43)44)37(53)49-35(28-7-4-3-5-8-28)38(54)48-34(9-6-18-47-41(45)46)40(56)51-19-21-52(22-20-51)59(57,58)32-17-15-27-14-16-31(42)24-30(27)25-32/h10-17,24-25,28,33-35H,3-9,18-23H2,1-2H3,(H3,43,44)(H,48,54)(H,49,53)(H4,45,46,47)/t33?,34-,35-/m0/s1. The first kappa shape index (κ1) is 44.8. The molecular weight excluding hydrogens is 796 g/mol. The molecule has 59 heavy (non-hydrogen) atoms. The molecule has 2 aliphatic rings. The number of amides is 4. The van der Waals surface area contributed by atoms with Crippen LogP contribution in [0.4, 0.5) is 0 Å². The highest BCUT2D eigenvalue weighted by Crippen LogP contribution is 2.28. The molecule has 1 saturated carbocycles. The van der Waals surface area contributed by atoms with E-state index in [0.717, 1.165) is 24.6 Å². The number of benzene rings is 3. The minimum Gasteiger partial charge on any atom is -0.384 e. The molecule has 1 aliphatic carbocycles. The molecule has 1 saturated heterocycles. The molecule has 318 valence electrons. The molecule has 0 bridgehead atoms. The van der Waals surface area contributed by atoms with E-state index >= 15 is 0 Å². The second-order valence-corrected chi connectivity index (χ2v) is 17.8. The number of carbonyl (C=O) groups is 4. The van der Waals surface area contributed by atoms with Gasteiger partial charge in [0.05, 0.1) is 4.90 Å². The average Bonchev–Trinajstić information content (AvgIpc) is 3.22. The zero-order chi connectivity index (χ0) is 42.9. The third kappa shape index (κ3) is 11.7. The third-order valence-electron chi connectivity index (χ3n) is 11.0. The number of carbonyl (C=O) groups excluding carboxylic acids is 4. The van der Waals surface area contributed by atoms with Crippen LogP contribution in [0.25, 0.3) is 10.8 Å². The van der Waals surface area contributed by atoms with Crippen LogP contribution >= 0.6 is 11.6 Å². The van der Waals surface area contributed by atoms with E-state index in [1.807, 2.05) is 6.07 Å². The molecule has 0 radical (unpaired) electrons. The van der Waals surface area contributed by atoms with Gasteiger partial charge in [-0.05, 0) is 78.6 Å². The Morgan fingerprint density at radius 2 is 1.54 bits per heavy atom. The molecule has 3 atom stereocenters. The topological polar surface area (TPSA) is 250 Å². The number of fused-ring (bicyclic) bond motifs is 1. The summed E-state index contributed by atoms with van der Waals surface area (Å²) in [6, 6.07) is 14.8. The van der Waals surface area contributed by atoms with Crippen molar-refractivity contribution >= 4 is 67.8 Å². The van der Waals surface area contributed by atoms with Crippen LogP contribution in [0.2, 0.25) is 5.02 Å². The first-order valence-electron chi connectivity index (χ1n) is 19.8. The summed E-state index contributed by atoms with van der Waals surface area (Å²) in [4.78, 5) is 63.1. The van der Waals surface area contributed by atoms with Gasteiger partial charge in [0.15, 0.2) is 5.96 Å². The van der Waals surface area contributed by atoms with Gasteiger partial charge in [0.1, 0.15) is 23.8 Å². The molecule has 1 heterocycles. The van der Waals surface area contributed by atoms with E-state index in [9.17, 15) is 27.6 Å². The van der Waals surface area contributed by atoms with E-state index in [-0.39, 0.29) is 68.2 Å². The number of aliphatic imine (C=N–C) groups is 1. The summed E-state index contributed by atoms with van der Waals surface area (Å²) < 4.78 is 28.8. The Labute approximate surface area is 350 Å². The molecule has 4 amide bonds. The highest BCUT2D eigenvalue weighted by atomic mass is 35.5. The first-order valence-corrected chi connectivity index (χ1v) is 21.7. The predicted molar refractivity (Wildman–Crippen MR) is 228 cm³/mol. The third-order valence-corrected chi connectivity index (χ3v) is 13.1. The normalized spacial score (nSPS) is 16.7. The summed E-state index contributed by atoms with van der Waals surface area (Å²) in [6.07, 6.45) is 4.59. The maximum Gasteiger partial charge on any atom is 0.245 e.